The van der Waals surface area contributed by atoms with Gasteiger partial charge in [0.15, 0.2) is 0 Å². The molecule has 0 radical (unpaired) electrons. The molecule has 1 amide bonds. The molecular weight excluding hydrogens is 365 g/mol. The first-order chi connectivity index (χ1) is 13.4. The molecule has 0 atom stereocenters. The molecule has 0 aliphatic heterocycles. The number of oxazole rings is 1. The molecule has 3 aromatic rings. The SMILES string of the molecule is Cc1oc(-c2cccc(F)c2)nc1CC(=O)NCCc1ccc([N+](=O)[O-])cc1. The number of amides is 1. The Hall–Kier alpha value is -3.55. The van der Waals surface area contributed by atoms with Crippen LogP contribution in [0.5, 0.6) is 0 Å². The van der Waals surface area contributed by atoms with Gasteiger partial charge in [0, 0.05) is 24.2 Å². The molecular formula is C20H18FN3O4. The first kappa shape index (κ1) is 19.2. The molecule has 8 heteroatoms. The van der Waals surface area contributed by atoms with Crippen molar-refractivity contribution in [1.82, 2.24) is 10.3 Å². The minimum atomic E-state index is -0.454. The van der Waals surface area contributed by atoms with Crippen molar-refractivity contribution in [2.24, 2.45) is 0 Å². The zero-order valence-electron chi connectivity index (χ0n) is 15.1. The van der Waals surface area contributed by atoms with E-state index in [-0.39, 0.29) is 29.7 Å². The Kier molecular flexibility index (Phi) is 5.78. The number of nitrogens with zero attached hydrogens (tertiary/aromatic N) is 2. The first-order valence-electron chi connectivity index (χ1n) is 8.64. The van der Waals surface area contributed by atoms with Crippen molar-refractivity contribution >= 4 is 11.6 Å². The Bertz CT molecular complexity index is 999. The summed E-state index contributed by atoms with van der Waals surface area (Å²) in [5.41, 5.74) is 1.92. The van der Waals surface area contributed by atoms with E-state index in [1.807, 2.05) is 0 Å². The number of carbonyl (C=O) groups excluding carboxylic acids is 1. The summed E-state index contributed by atoms with van der Waals surface area (Å²) in [5.74, 6) is 0.165. The second-order valence-corrected chi connectivity index (χ2v) is 6.23. The van der Waals surface area contributed by atoms with Crippen LogP contribution in [0.25, 0.3) is 11.5 Å². The van der Waals surface area contributed by atoms with Crippen molar-refractivity contribution in [2.45, 2.75) is 19.8 Å². The number of nitro groups is 1. The quantitative estimate of drug-likeness (QED) is 0.496. The highest BCUT2D eigenvalue weighted by Crippen LogP contribution is 2.22. The lowest BCUT2D eigenvalue weighted by Crippen LogP contribution is -2.27. The van der Waals surface area contributed by atoms with Crippen LogP contribution >= 0.6 is 0 Å². The van der Waals surface area contributed by atoms with Gasteiger partial charge in [0.05, 0.1) is 17.0 Å². The molecule has 28 heavy (non-hydrogen) atoms. The number of aryl methyl sites for hydroxylation is 1. The van der Waals surface area contributed by atoms with Crippen LogP contribution in [0.1, 0.15) is 17.0 Å². The number of halogens is 1. The van der Waals surface area contributed by atoms with Crippen LogP contribution in [0, 0.1) is 22.9 Å². The summed E-state index contributed by atoms with van der Waals surface area (Å²) in [5, 5.41) is 13.4. The van der Waals surface area contributed by atoms with Gasteiger partial charge in [-0.1, -0.05) is 18.2 Å². The normalized spacial score (nSPS) is 10.6. The summed E-state index contributed by atoms with van der Waals surface area (Å²) >= 11 is 0. The molecule has 3 rings (SSSR count). The molecule has 0 aliphatic carbocycles. The zero-order chi connectivity index (χ0) is 20.1. The minimum Gasteiger partial charge on any atom is -0.441 e. The monoisotopic (exact) mass is 383 g/mol. The van der Waals surface area contributed by atoms with E-state index in [0.29, 0.717) is 30.0 Å². The maximum absolute atomic E-state index is 13.3. The second-order valence-electron chi connectivity index (χ2n) is 6.23. The molecule has 0 spiro atoms. The maximum Gasteiger partial charge on any atom is 0.269 e. The average Bonchev–Trinajstić information content (AvgIpc) is 3.02. The van der Waals surface area contributed by atoms with Crippen molar-refractivity contribution in [3.63, 3.8) is 0 Å². The van der Waals surface area contributed by atoms with Crippen LogP contribution in [-0.4, -0.2) is 22.4 Å². The van der Waals surface area contributed by atoms with Gasteiger partial charge in [-0.3, -0.25) is 14.9 Å². The lowest BCUT2D eigenvalue weighted by molar-refractivity contribution is -0.384. The van der Waals surface area contributed by atoms with E-state index in [1.54, 1.807) is 31.2 Å². The molecule has 0 unspecified atom stereocenters. The Labute approximate surface area is 160 Å². The fourth-order valence-corrected chi connectivity index (χ4v) is 2.68. The number of carbonyl (C=O) groups is 1. The number of nitro benzene ring substituents is 1. The fourth-order valence-electron chi connectivity index (χ4n) is 2.68. The number of nitrogens with one attached hydrogen (secondary N) is 1. The third-order valence-corrected chi connectivity index (χ3v) is 4.18. The van der Waals surface area contributed by atoms with Crippen LogP contribution in [0.3, 0.4) is 0 Å². The Morgan fingerprint density at radius 1 is 1.25 bits per heavy atom. The van der Waals surface area contributed by atoms with E-state index in [0.717, 1.165) is 5.56 Å². The van der Waals surface area contributed by atoms with Crippen molar-refractivity contribution in [3.05, 3.63) is 81.5 Å². The van der Waals surface area contributed by atoms with Gasteiger partial charge in [-0.05, 0) is 37.1 Å². The van der Waals surface area contributed by atoms with Crippen LogP contribution < -0.4 is 5.32 Å². The number of hydrogen-bond donors (Lipinski definition) is 1. The minimum absolute atomic E-state index is 0.0309. The van der Waals surface area contributed by atoms with Gasteiger partial charge in [-0.2, -0.15) is 0 Å². The first-order valence-corrected chi connectivity index (χ1v) is 8.64. The van der Waals surface area contributed by atoms with E-state index >= 15 is 0 Å². The summed E-state index contributed by atoms with van der Waals surface area (Å²) in [6.45, 7) is 2.10. The van der Waals surface area contributed by atoms with Crippen molar-refractivity contribution in [2.75, 3.05) is 6.54 Å². The maximum atomic E-state index is 13.3. The third-order valence-electron chi connectivity index (χ3n) is 4.18. The molecule has 7 nitrogen and oxygen atoms in total. The van der Waals surface area contributed by atoms with Crippen LogP contribution in [0.15, 0.2) is 52.9 Å². The largest absolute Gasteiger partial charge is 0.441 e. The summed E-state index contributed by atoms with van der Waals surface area (Å²) in [7, 11) is 0. The number of aromatic nitrogens is 1. The standard InChI is InChI=1S/C20H18FN3O4/c1-13-18(23-20(28-13)15-3-2-4-16(21)11-15)12-19(25)22-10-9-14-5-7-17(8-6-14)24(26)27/h2-8,11H,9-10,12H2,1H3,(H,22,25). The summed E-state index contributed by atoms with van der Waals surface area (Å²) in [4.78, 5) is 26.6. The molecule has 144 valence electrons. The van der Waals surface area contributed by atoms with Crippen molar-refractivity contribution in [3.8, 4) is 11.5 Å². The third kappa shape index (κ3) is 4.79. The van der Waals surface area contributed by atoms with E-state index < -0.39 is 4.92 Å². The number of benzene rings is 2. The molecule has 0 fully saturated rings. The lowest BCUT2D eigenvalue weighted by Gasteiger charge is -2.04. The van der Waals surface area contributed by atoms with Gasteiger partial charge >= 0.3 is 0 Å². The fraction of sp³-hybridized carbons (Fsp3) is 0.200. The van der Waals surface area contributed by atoms with E-state index in [9.17, 15) is 19.3 Å². The molecule has 0 bridgehead atoms. The molecule has 1 aromatic heterocycles. The Balaban J connectivity index is 1.54. The molecule has 2 aromatic carbocycles. The number of rotatable bonds is 7. The second kappa shape index (κ2) is 8.43. The lowest BCUT2D eigenvalue weighted by atomic mass is 10.1. The smallest absolute Gasteiger partial charge is 0.269 e. The van der Waals surface area contributed by atoms with E-state index in [1.165, 1.54) is 24.3 Å². The van der Waals surface area contributed by atoms with Gasteiger partial charge in [0.2, 0.25) is 11.8 Å². The number of hydrogen-bond acceptors (Lipinski definition) is 5. The molecule has 0 saturated carbocycles. The van der Waals surface area contributed by atoms with Crippen LogP contribution in [0.2, 0.25) is 0 Å². The van der Waals surface area contributed by atoms with E-state index in [4.69, 9.17) is 4.42 Å². The highest BCUT2D eigenvalue weighted by atomic mass is 19.1. The zero-order valence-corrected chi connectivity index (χ0v) is 15.1. The predicted octanol–water partition coefficient (Wildman–Crippen LogP) is 3.60. The molecule has 1 heterocycles. The average molecular weight is 383 g/mol. The Morgan fingerprint density at radius 3 is 2.68 bits per heavy atom. The van der Waals surface area contributed by atoms with Gasteiger partial charge in [0.1, 0.15) is 11.6 Å². The topological polar surface area (TPSA) is 98.3 Å². The molecule has 1 N–H and O–H groups in total. The Morgan fingerprint density at radius 2 is 2.00 bits per heavy atom. The number of non-ortho nitro benzene ring substituents is 1. The highest BCUT2D eigenvalue weighted by Gasteiger charge is 2.15. The molecule has 0 aliphatic rings. The van der Waals surface area contributed by atoms with Gasteiger partial charge in [-0.15, -0.1) is 0 Å². The van der Waals surface area contributed by atoms with Crippen LogP contribution in [-0.2, 0) is 17.6 Å². The summed E-state index contributed by atoms with van der Waals surface area (Å²) in [6.07, 6.45) is 0.598. The summed E-state index contributed by atoms with van der Waals surface area (Å²) < 4.78 is 18.9. The van der Waals surface area contributed by atoms with Gasteiger partial charge in [-0.25, -0.2) is 9.37 Å². The molecule has 0 saturated heterocycles. The van der Waals surface area contributed by atoms with Crippen LogP contribution in [0.4, 0.5) is 10.1 Å². The van der Waals surface area contributed by atoms with Crippen molar-refractivity contribution < 1.29 is 18.5 Å². The summed E-state index contributed by atoms with van der Waals surface area (Å²) in [6, 6.07) is 12.1. The van der Waals surface area contributed by atoms with E-state index in [2.05, 4.69) is 10.3 Å². The van der Waals surface area contributed by atoms with Gasteiger partial charge < -0.3 is 9.73 Å². The van der Waals surface area contributed by atoms with Crippen molar-refractivity contribution in [1.29, 1.82) is 0 Å². The predicted molar refractivity (Wildman–Crippen MR) is 100 cm³/mol. The highest BCUT2D eigenvalue weighted by molar-refractivity contribution is 5.78. The van der Waals surface area contributed by atoms with Gasteiger partial charge in [0.25, 0.3) is 5.69 Å².